The van der Waals surface area contributed by atoms with E-state index in [0.717, 1.165) is 38.5 Å². The minimum Gasteiger partial charge on any atom is -0.388 e. The highest BCUT2D eigenvalue weighted by Crippen LogP contribution is 2.26. The second-order valence-corrected chi connectivity index (χ2v) is 6.31. The number of nitrogens with zero attached hydrogens (tertiary/aromatic N) is 1. The molecule has 0 aromatic carbocycles. The lowest BCUT2D eigenvalue weighted by molar-refractivity contribution is -0.121. The molecule has 6 nitrogen and oxygen atoms in total. The maximum atomic E-state index is 12.1. The summed E-state index contributed by atoms with van der Waals surface area (Å²) in [4.78, 5) is 30.7. The summed E-state index contributed by atoms with van der Waals surface area (Å²) in [6, 6.07) is 0. The van der Waals surface area contributed by atoms with Gasteiger partial charge in [-0.2, -0.15) is 0 Å². The Bertz CT molecular complexity index is 587. The van der Waals surface area contributed by atoms with Gasteiger partial charge in [-0.1, -0.05) is 25.7 Å². The van der Waals surface area contributed by atoms with Crippen LogP contribution in [0.4, 0.5) is 0 Å². The van der Waals surface area contributed by atoms with Gasteiger partial charge >= 0.3 is 0 Å². The molecule has 0 atom stereocenters. The van der Waals surface area contributed by atoms with Gasteiger partial charge in [-0.15, -0.1) is 0 Å². The third-order valence-corrected chi connectivity index (χ3v) is 4.33. The highest BCUT2D eigenvalue weighted by molar-refractivity contribution is 5.78. The van der Waals surface area contributed by atoms with E-state index in [1.54, 1.807) is 13.8 Å². The Labute approximate surface area is 130 Å². The lowest BCUT2D eigenvalue weighted by Crippen LogP contribution is -2.43. The average Bonchev–Trinajstić information content (AvgIpc) is 2.66. The van der Waals surface area contributed by atoms with Gasteiger partial charge in [0.15, 0.2) is 0 Å². The highest BCUT2D eigenvalue weighted by atomic mass is 16.3. The molecule has 0 radical (unpaired) electrons. The zero-order valence-corrected chi connectivity index (χ0v) is 13.4. The van der Waals surface area contributed by atoms with Crippen LogP contribution in [0.1, 0.15) is 55.6 Å². The van der Waals surface area contributed by atoms with Crippen molar-refractivity contribution in [2.24, 2.45) is 0 Å². The molecule has 3 N–H and O–H groups in total. The molecule has 1 fully saturated rings. The van der Waals surface area contributed by atoms with Crippen molar-refractivity contribution in [1.82, 2.24) is 15.3 Å². The molecule has 1 amide bonds. The quantitative estimate of drug-likeness (QED) is 0.727. The van der Waals surface area contributed by atoms with Crippen LogP contribution in [0.25, 0.3) is 0 Å². The fraction of sp³-hybridized carbons (Fsp3) is 0.688. The van der Waals surface area contributed by atoms with E-state index in [9.17, 15) is 14.7 Å². The molecule has 1 aromatic heterocycles. The van der Waals surface area contributed by atoms with Gasteiger partial charge in [-0.05, 0) is 26.7 Å². The SMILES string of the molecule is Cc1nc(C)c(CC(=O)NCC2(O)CCCCCC2)c(=O)[nH]1. The Hall–Kier alpha value is -1.69. The summed E-state index contributed by atoms with van der Waals surface area (Å²) in [5.74, 6) is 0.288. The summed E-state index contributed by atoms with van der Waals surface area (Å²) in [5.41, 5.74) is -0.118. The number of nitrogens with one attached hydrogen (secondary N) is 2. The molecule has 1 saturated carbocycles. The molecule has 2 rings (SSSR count). The molecule has 1 aromatic rings. The van der Waals surface area contributed by atoms with E-state index in [1.165, 1.54) is 0 Å². The Kier molecular flexibility index (Phi) is 5.34. The van der Waals surface area contributed by atoms with Crippen LogP contribution < -0.4 is 10.9 Å². The van der Waals surface area contributed by atoms with Crippen LogP contribution in [0.2, 0.25) is 0 Å². The predicted molar refractivity (Wildman–Crippen MR) is 83.7 cm³/mol. The maximum Gasteiger partial charge on any atom is 0.254 e. The van der Waals surface area contributed by atoms with E-state index in [0.29, 0.717) is 17.1 Å². The highest BCUT2D eigenvalue weighted by Gasteiger charge is 2.28. The zero-order chi connectivity index (χ0) is 16.2. The third-order valence-electron chi connectivity index (χ3n) is 4.33. The van der Waals surface area contributed by atoms with Crippen LogP contribution in [0, 0.1) is 13.8 Å². The monoisotopic (exact) mass is 307 g/mol. The lowest BCUT2D eigenvalue weighted by Gasteiger charge is -2.26. The number of carbonyl (C=O) groups excluding carboxylic acids is 1. The molecule has 0 unspecified atom stereocenters. The number of aliphatic hydroxyl groups is 1. The van der Waals surface area contributed by atoms with Gasteiger partial charge in [0.05, 0.1) is 12.0 Å². The number of H-pyrrole nitrogens is 1. The van der Waals surface area contributed by atoms with Crippen molar-refractivity contribution in [2.75, 3.05) is 6.54 Å². The van der Waals surface area contributed by atoms with Crippen LogP contribution in [0.15, 0.2) is 4.79 Å². The number of carbonyl (C=O) groups is 1. The van der Waals surface area contributed by atoms with Crippen LogP contribution in [0.3, 0.4) is 0 Å². The first-order chi connectivity index (χ1) is 10.4. The van der Waals surface area contributed by atoms with E-state index in [4.69, 9.17) is 0 Å². The van der Waals surface area contributed by atoms with Crippen molar-refractivity contribution >= 4 is 5.91 Å². The van der Waals surface area contributed by atoms with E-state index in [1.807, 2.05) is 0 Å². The van der Waals surface area contributed by atoms with Gasteiger partial charge in [-0.3, -0.25) is 9.59 Å². The van der Waals surface area contributed by atoms with Gasteiger partial charge in [0, 0.05) is 17.8 Å². The number of aryl methyl sites for hydroxylation is 2. The lowest BCUT2D eigenvalue weighted by atomic mass is 9.94. The summed E-state index contributed by atoms with van der Waals surface area (Å²) in [6.07, 6.45) is 5.70. The van der Waals surface area contributed by atoms with Gasteiger partial charge in [0.1, 0.15) is 5.82 Å². The Balaban J connectivity index is 1.94. The molecule has 1 aliphatic rings. The van der Waals surface area contributed by atoms with E-state index in [2.05, 4.69) is 15.3 Å². The van der Waals surface area contributed by atoms with Crippen molar-refractivity contribution in [3.05, 3.63) is 27.4 Å². The van der Waals surface area contributed by atoms with Crippen LogP contribution in [0.5, 0.6) is 0 Å². The molecule has 1 aliphatic carbocycles. The largest absolute Gasteiger partial charge is 0.388 e. The summed E-state index contributed by atoms with van der Waals surface area (Å²) < 4.78 is 0. The van der Waals surface area contributed by atoms with E-state index in [-0.39, 0.29) is 24.4 Å². The number of amides is 1. The summed E-state index contributed by atoms with van der Waals surface area (Å²) in [6.45, 7) is 3.69. The Morgan fingerprint density at radius 2 is 1.91 bits per heavy atom. The number of aromatic nitrogens is 2. The molecule has 122 valence electrons. The second-order valence-electron chi connectivity index (χ2n) is 6.31. The van der Waals surface area contributed by atoms with Crippen LogP contribution in [-0.2, 0) is 11.2 Å². The van der Waals surface area contributed by atoms with Crippen molar-refractivity contribution in [1.29, 1.82) is 0 Å². The zero-order valence-electron chi connectivity index (χ0n) is 13.4. The first kappa shape index (κ1) is 16.7. The Morgan fingerprint density at radius 1 is 1.27 bits per heavy atom. The molecule has 0 spiro atoms. The van der Waals surface area contributed by atoms with Gasteiger partial charge in [-0.25, -0.2) is 4.98 Å². The molecule has 22 heavy (non-hydrogen) atoms. The van der Waals surface area contributed by atoms with Crippen LogP contribution >= 0.6 is 0 Å². The van der Waals surface area contributed by atoms with Crippen LogP contribution in [-0.4, -0.2) is 33.1 Å². The predicted octanol–water partition coefficient (Wildman–Crippen LogP) is 1.13. The fourth-order valence-corrected chi connectivity index (χ4v) is 3.01. The molecular weight excluding hydrogens is 282 g/mol. The molecule has 6 heteroatoms. The number of hydrogen-bond acceptors (Lipinski definition) is 4. The van der Waals surface area contributed by atoms with Gasteiger partial charge in [0.25, 0.3) is 5.56 Å². The normalized spacial score (nSPS) is 17.8. The summed E-state index contributed by atoms with van der Waals surface area (Å²) in [7, 11) is 0. The van der Waals surface area contributed by atoms with E-state index < -0.39 is 5.60 Å². The summed E-state index contributed by atoms with van der Waals surface area (Å²) >= 11 is 0. The molecule has 0 saturated heterocycles. The smallest absolute Gasteiger partial charge is 0.254 e. The minimum absolute atomic E-state index is 0.00940. The average molecular weight is 307 g/mol. The molecule has 0 aliphatic heterocycles. The molecule has 1 heterocycles. The number of hydrogen-bond donors (Lipinski definition) is 3. The number of aromatic amines is 1. The Morgan fingerprint density at radius 3 is 2.50 bits per heavy atom. The first-order valence-corrected chi connectivity index (χ1v) is 7.95. The van der Waals surface area contributed by atoms with E-state index >= 15 is 0 Å². The summed E-state index contributed by atoms with van der Waals surface area (Å²) in [5, 5.41) is 13.3. The maximum absolute atomic E-state index is 12.1. The molecule has 0 bridgehead atoms. The number of rotatable bonds is 4. The standard InChI is InChI=1S/C16H25N3O3/c1-11-13(15(21)19-12(2)18-11)9-14(20)17-10-16(22)7-5-3-4-6-8-16/h22H,3-10H2,1-2H3,(H,17,20)(H,18,19,21). The molecular formula is C16H25N3O3. The first-order valence-electron chi connectivity index (χ1n) is 7.95. The van der Waals surface area contributed by atoms with Crippen molar-refractivity contribution < 1.29 is 9.90 Å². The van der Waals surface area contributed by atoms with Crippen molar-refractivity contribution in [2.45, 2.75) is 64.4 Å². The third kappa shape index (κ3) is 4.40. The second kappa shape index (κ2) is 7.05. The topological polar surface area (TPSA) is 95.1 Å². The van der Waals surface area contributed by atoms with Crippen molar-refractivity contribution in [3.63, 3.8) is 0 Å². The fourth-order valence-electron chi connectivity index (χ4n) is 3.01. The minimum atomic E-state index is -0.806. The van der Waals surface area contributed by atoms with Gasteiger partial charge < -0.3 is 15.4 Å². The van der Waals surface area contributed by atoms with Crippen molar-refractivity contribution in [3.8, 4) is 0 Å². The van der Waals surface area contributed by atoms with Gasteiger partial charge in [0.2, 0.25) is 5.91 Å².